The molecule has 0 saturated carbocycles. The lowest BCUT2D eigenvalue weighted by atomic mass is 9.85. The van der Waals surface area contributed by atoms with Crippen LogP contribution in [-0.2, 0) is 0 Å². The zero-order valence-corrected chi connectivity index (χ0v) is 16.0. The number of halogens is 1. The molecular formula is C20H22BrNO2. The van der Waals surface area contributed by atoms with Gasteiger partial charge in [-0.15, -0.1) is 0 Å². The Morgan fingerprint density at radius 1 is 1.21 bits per heavy atom. The summed E-state index contributed by atoms with van der Waals surface area (Å²) in [6, 6.07) is 8.67. The third-order valence-corrected chi connectivity index (χ3v) is 5.88. The van der Waals surface area contributed by atoms with Gasteiger partial charge in [0.2, 0.25) is 5.91 Å². The van der Waals surface area contributed by atoms with Crippen LogP contribution in [0, 0.1) is 13.8 Å². The molecule has 0 saturated heterocycles. The second kappa shape index (κ2) is 6.25. The first-order valence-corrected chi connectivity index (χ1v) is 8.97. The maximum absolute atomic E-state index is 11.9. The highest BCUT2D eigenvalue weighted by molar-refractivity contribution is 9.10. The molecule has 1 atom stereocenters. The van der Waals surface area contributed by atoms with Gasteiger partial charge in [-0.3, -0.25) is 4.79 Å². The molecule has 3 nitrogen and oxygen atoms in total. The second-order valence-electron chi connectivity index (χ2n) is 6.73. The first kappa shape index (κ1) is 17.0. The van der Waals surface area contributed by atoms with Crippen molar-refractivity contribution in [1.29, 1.82) is 0 Å². The predicted molar refractivity (Wildman–Crippen MR) is 100 cm³/mol. The molecule has 0 bridgehead atoms. The van der Waals surface area contributed by atoms with Crippen molar-refractivity contribution in [3.63, 3.8) is 0 Å². The number of carbonyl (C=O) groups excluding carboxylic acids is 1. The van der Waals surface area contributed by atoms with Crippen molar-refractivity contribution in [2.24, 2.45) is 5.73 Å². The number of benzene rings is 2. The van der Waals surface area contributed by atoms with Gasteiger partial charge in [0.05, 0.1) is 11.1 Å². The van der Waals surface area contributed by atoms with E-state index in [1.165, 1.54) is 11.1 Å². The molecule has 126 valence electrons. The molecule has 0 radical (unpaired) electrons. The number of nitrogens with two attached hydrogens (primary N) is 1. The Bertz CT molecular complexity index is 810. The zero-order valence-electron chi connectivity index (χ0n) is 14.4. The predicted octanol–water partition coefficient (Wildman–Crippen LogP) is 4.81. The van der Waals surface area contributed by atoms with Crippen molar-refractivity contribution in [2.45, 2.75) is 39.5 Å². The molecule has 1 aliphatic rings. The quantitative estimate of drug-likeness (QED) is 0.820. The summed E-state index contributed by atoms with van der Waals surface area (Å²) < 4.78 is 6.80. The summed E-state index contributed by atoms with van der Waals surface area (Å²) >= 11 is 3.58. The van der Waals surface area contributed by atoms with E-state index in [1.807, 2.05) is 13.8 Å². The Labute approximate surface area is 151 Å². The van der Waals surface area contributed by atoms with Crippen molar-refractivity contribution in [3.8, 4) is 5.75 Å². The number of primary amides is 1. The molecule has 24 heavy (non-hydrogen) atoms. The summed E-state index contributed by atoms with van der Waals surface area (Å²) in [5.41, 5.74) is 11.6. The highest BCUT2D eigenvalue weighted by Gasteiger charge is 2.33. The number of rotatable bonds is 3. The second-order valence-corrected chi connectivity index (χ2v) is 7.52. The third-order valence-electron chi connectivity index (χ3n) is 4.92. The van der Waals surface area contributed by atoms with Gasteiger partial charge in [-0.2, -0.15) is 0 Å². The highest BCUT2D eigenvalue weighted by atomic mass is 79.9. The normalized spacial score (nSPS) is 16.2. The summed E-state index contributed by atoms with van der Waals surface area (Å²) in [7, 11) is 0. The van der Waals surface area contributed by atoms with Gasteiger partial charge in [-0.1, -0.05) is 38.1 Å². The van der Waals surface area contributed by atoms with Gasteiger partial charge >= 0.3 is 0 Å². The van der Waals surface area contributed by atoms with Crippen LogP contribution in [0.2, 0.25) is 0 Å². The summed E-state index contributed by atoms with van der Waals surface area (Å²) in [6.07, 6.45) is 0. The van der Waals surface area contributed by atoms with Crippen LogP contribution < -0.4 is 10.5 Å². The van der Waals surface area contributed by atoms with Crippen molar-refractivity contribution >= 4 is 21.8 Å². The molecule has 3 rings (SSSR count). The van der Waals surface area contributed by atoms with Gasteiger partial charge < -0.3 is 10.5 Å². The van der Waals surface area contributed by atoms with Gasteiger partial charge in [-0.25, -0.2) is 0 Å². The van der Waals surface area contributed by atoms with E-state index >= 15 is 0 Å². The van der Waals surface area contributed by atoms with E-state index in [1.54, 1.807) is 0 Å². The smallest absolute Gasteiger partial charge is 0.249 e. The molecule has 2 aromatic carbocycles. The van der Waals surface area contributed by atoms with Crippen LogP contribution in [-0.4, -0.2) is 12.5 Å². The van der Waals surface area contributed by atoms with E-state index in [2.05, 4.69) is 54.0 Å². The molecule has 4 heteroatoms. The topological polar surface area (TPSA) is 52.3 Å². The monoisotopic (exact) mass is 387 g/mol. The van der Waals surface area contributed by atoms with E-state index in [4.69, 9.17) is 10.5 Å². The maximum Gasteiger partial charge on any atom is 0.249 e. The van der Waals surface area contributed by atoms with Crippen LogP contribution >= 0.6 is 15.9 Å². The molecule has 0 fully saturated rings. The fraction of sp³-hybridized carbons (Fsp3) is 0.350. The lowest BCUT2D eigenvalue weighted by Gasteiger charge is -2.17. The molecule has 2 N–H and O–H groups in total. The van der Waals surface area contributed by atoms with Gasteiger partial charge in [0.1, 0.15) is 5.75 Å². The SMILES string of the molecule is Cc1c(Br)c2c(c(C)c1C(N)=O)C(c1ccc(C(C)C)cc1)CO2. The van der Waals surface area contributed by atoms with Crippen LogP contribution in [0.15, 0.2) is 28.7 Å². The van der Waals surface area contributed by atoms with Crippen molar-refractivity contribution in [3.05, 3.63) is 62.1 Å². The van der Waals surface area contributed by atoms with Crippen molar-refractivity contribution in [1.82, 2.24) is 0 Å². The van der Waals surface area contributed by atoms with E-state index in [0.29, 0.717) is 18.1 Å². The Balaban J connectivity index is 2.13. The average Bonchev–Trinajstić information content (AvgIpc) is 2.98. The lowest BCUT2D eigenvalue weighted by Crippen LogP contribution is -2.16. The van der Waals surface area contributed by atoms with Crippen LogP contribution in [0.5, 0.6) is 5.75 Å². The molecule has 1 aliphatic heterocycles. The number of hydrogen-bond acceptors (Lipinski definition) is 2. The number of amides is 1. The summed E-state index contributed by atoms with van der Waals surface area (Å²) in [4.78, 5) is 11.9. The van der Waals surface area contributed by atoms with E-state index in [9.17, 15) is 4.79 Å². The van der Waals surface area contributed by atoms with E-state index in [0.717, 1.165) is 26.9 Å². The summed E-state index contributed by atoms with van der Waals surface area (Å²) in [5, 5.41) is 0. The van der Waals surface area contributed by atoms with Crippen molar-refractivity contribution < 1.29 is 9.53 Å². The van der Waals surface area contributed by atoms with Crippen LogP contribution in [0.25, 0.3) is 0 Å². The molecule has 1 unspecified atom stereocenters. The Kier molecular flexibility index (Phi) is 4.43. The summed E-state index contributed by atoms with van der Waals surface area (Å²) in [5.74, 6) is 1.07. The van der Waals surface area contributed by atoms with Crippen LogP contribution in [0.4, 0.5) is 0 Å². The molecule has 0 spiro atoms. The minimum Gasteiger partial charge on any atom is -0.491 e. The molecule has 0 aromatic heterocycles. The number of carbonyl (C=O) groups is 1. The van der Waals surface area contributed by atoms with Gasteiger partial charge in [0.15, 0.2) is 0 Å². The van der Waals surface area contributed by atoms with E-state index < -0.39 is 5.91 Å². The van der Waals surface area contributed by atoms with Gasteiger partial charge in [-0.05, 0) is 57.9 Å². The van der Waals surface area contributed by atoms with Crippen LogP contribution in [0.3, 0.4) is 0 Å². The summed E-state index contributed by atoms with van der Waals surface area (Å²) in [6.45, 7) is 8.81. The first-order chi connectivity index (χ1) is 11.3. The van der Waals surface area contributed by atoms with E-state index in [-0.39, 0.29) is 5.92 Å². The fourth-order valence-corrected chi connectivity index (χ4v) is 4.07. The largest absolute Gasteiger partial charge is 0.491 e. The molecule has 1 amide bonds. The maximum atomic E-state index is 11.9. The Hall–Kier alpha value is -1.81. The average molecular weight is 388 g/mol. The molecule has 1 heterocycles. The Morgan fingerprint density at radius 2 is 1.83 bits per heavy atom. The minimum absolute atomic E-state index is 0.121. The molecule has 2 aromatic rings. The van der Waals surface area contributed by atoms with Crippen LogP contribution in [0.1, 0.15) is 63.9 Å². The molecular weight excluding hydrogens is 366 g/mol. The number of hydrogen-bond donors (Lipinski definition) is 1. The Morgan fingerprint density at radius 3 is 2.38 bits per heavy atom. The van der Waals surface area contributed by atoms with Gasteiger partial charge in [0.25, 0.3) is 0 Å². The highest BCUT2D eigenvalue weighted by Crippen LogP contribution is 2.47. The third kappa shape index (κ3) is 2.63. The minimum atomic E-state index is -0.394. The fourth-order valence-electron chi connectivity index (χ4n) is 3.54. The van der Waals surface area contributed by atoms with Crippen molar-refractivity contribution in [2.75, 3.05) is 6.61 Å². The number of ether oxygens (including phenoxy) is 1. The van der Waals surface area contributed by atoms with Gasteiger partial charge in [0, 0.05) is 17.0 Å². The standard InChI is InChI=1S/C20H22BrNO2/c1-10(2)13-5-7-14(8-6-13)15-9-24-19-17(15)11(3)16(20(22)23)12(4)18(19)21/h5-8,10,15H,9H2,1-4H3,(H2,22,23). The lowest BCUT2D eigenvalue weighted by molar-refractivity contribution is 0.0999. The zero-order chi connectivity index (χ0) is 17.6. The number of fused-ring (bicyclic) bond motifs is 1. The molecule has 0 aliphatic carbocycles. The first-order valence-electron chi connectivity index (χ1n) is 8.17.